The Morgan fingerprint density at radius 1 is 1.57 bits per heavy atom. The molecule has 0 atom stereocenters. The van der Waals surface area contributed by atoms with E-state index in [1.54, 1.807) is 12.4 Å². The standard InChI is InChI=1S/C12H13N7O2/c1-2-10-17-16-8-18(10)6-5-15-12-11(19(20)21)9(7-13)3-4-14-12/h3-4,8H,2,5-6H2,1H3,(H,14,15). The molecule has 9 nitrogen and oxygen atoms in total. The molecule has 0 aliphatic carbocycles. The summed E-state index contributed by atoms with van der Waals surface area (Å²) in [6.45, 7) is 2.93. The summed E-state index contributed by atoms with van der Waals surface area (Å²) in [6.07, 6.45) is 3.72. The normalized spacial score (nSPS) is 10.1. The summed E-state index contributed by atoms with van der Waals surface area (Å²) in [7, 11) is 0. The number of nitro groups is 1. The minimum atomic E-state index is -0.607. The first-order chi connectivity index (χ1) is 10.2. The Hall–Kier alpha value is -3.02. The summed E-state index contributed by atoms with van der Waals surface area (Å²) in [5.74, 6) is 0.926. The molecule has 0 amide bonds. The maximum Gasteiger partial charge on any atom is 0.328 e. The highest BCUT2D eigenvalue weighted by Crippen LogP contribution is 2.25. The Kier molecular flexibility index (Phi) is 4.40. The van der Waals surface area contributed by atoms with Crippen LogP contribution < -0.4 is 5.32 Å². The molecule has 0 bridgehead atoms. The third kappa shape index (κ3) is 3.11. The lowest BCUT2D eigenvalue weighted by Gasteiger charge is -2.08. The molecule has 0 aliphatic rings. The first-order valence-corrected chi connectivity index (χ1v) is 6.31. The van der Waals surface area contributed by atoms with Crippen LogP contribution in [0.1, 0.15) is 18.3 Å². The Labute approximate surface area is 120 Å². The zero-order valence-electron chi connectivity index (χ0n) is 11.4. The third-order valence-corrected chi connectivity index (χ3v) is 2.88. The number of anilines is 1. The van der Waals surface area contributed by atoms with E-state index in [9.17, 15) is 10.1 Å². The smallest absolute Gasteiger partial charge is 0.328 e. The predicted octanol–water partition coefficient (Wildman–Crippen LogP) is 1.13. The molecule has 0 saturated heterocycles. The van der Waals surface area contributed by atoms with Crippen molar-refractivity contribution in [1.29, 1.82) is 5.26 Å². The van der Waals surface area contributed by atoms with E-state index in [1.165, 1.54) is 12.3 Å². The molecule has 2 aromatic heterocycles. The molecule has 0 saturated carbocycles. The number of aromatic nitrogens is 4. The van der Waals surface area contributed by atoms with Gasteiger partial charge in [0, 0.05) is 25.7 Å². The van der Waals surface area contributed by atoms with Gasteiger partial charge in [0.15, 0.2) is 0 Å². The van der Waals surface area contributed by atoms with Crippen molar-refractivity contribution in [1.82, 2.24) is 19.7 Å². The molecule has 2 rings (SSSR count). The number of nitriles is 1. The largest absolute Gasteiger partial charge is 0.363 e. The van der Waals surface area contributed by atoms with Crippen molar-refractivity contribution in [3.63, 3.8) is 0 Å². The van der Waals surface area contributed by atoms with Gasteiger partial charge in [-0.25, -0.2) is 4.98 Å². The summed E-state index contributed by atoms with van der Waals surface area (Å²) in [4.78, 5) is 14.4. The van der Waals surface area contributed by atoms with E-state index in [1.807, 2.05) is 11.5 Å². The highest BCUT2D eigenvalue weighted by atomic mass is 16.6. The van der Waals surface area contributed by atoms with Crippen LogP contribution in [0.5, 0.6) is 0 Å². The minimum Gasteiger partial charge on any atom is -0.363 e. The van der Waals surface area contributed by atoms with Gasteiger partial charge in [-0.15, -0.1) is 10.2 Å². The van der Waals surface area contributed by atoms with Crippen LogP contribution in [0.3, 0.4) is 0 Å². The predicted molar refractivity (Wildman–Crippen MR) is 73.5 cm³/mol. The number of rotatable bonds is 6. The average molecular weight is 287 g/mol. The van der Waals surface area contributed by atoms with Crippen molar-refractivity contribution in [2.45, 2.75) is 19.9 Å². The Morgan fingerprint density at radius 2 is 2.38 bits per heavy atom. The van der Waals surface area contributed by atoms with Crippen LogP contribution in [0.2, 0.25) is 0 Å². The number of pyridine rings is 1. The number of nitrogens with zero attached hydrogens (tertiary/aromatic N) is 6. The third-order valence-electron chi connectivity index (χ3n) is 2.88. The number of nitrogens with one attached hydrogen (secondary N) is 1. The Morgan fingerprint density at radius 3 is 3.05 bits per heavy atom. The monoisotopic (exact) mass is 287 g/mol. The van der Waals surface area contributed by atoms with Gasteiger partial charge in [-0.3, -0.25) is 10.1 Å². The molecule has 0 fully saturated rings. The molecular formula is C12H13N7O2. The van der Waals surface area contributed by atoms with Crippen molar-refractivity contribution < 1.29 is 4.92 Å². The lowest BCUT2D eigenvalue weighted by atomic mass is 10.2. The van der Waals surface area contributed by atoms with Crippen molar-refractivity contribution in [3.8, 4) is 6.07 Å². The SMILES string of the molecule is CCc1nncn1CCNc1nccc(C#N)c1[N+](=O)[O-]. The fourth-order valence-corrected chi connectivity index (χ4v) is 1.89. The zero-order valence-corrected chi connectivity index (χ0v) is 11.4. The summed E-state index contributed by atoms with van der Waals surface area (Å²) >= 11 is 0. The highest BCUT2D eigenvalue weighted by molar-refractivity contribution is 5.63. The lowest BCUT2D eigenvalue weighted by molar-refractivity contribution is -0.384. The molecule has 0 radical (unpaired) electrons. The van der Waals surface area contributed by atoms with Gasteiger partial charge in [-0.2, -0.15) is 5.26 Å². The molecule has 1 N–H and O–H groups in total. The van der Waals surface area contributed by atoms with Crippen molar-refractivity contribution >= 4 is 11.5 Å². The molecule has 2 aromatic rings. The lowest BCUT2D eigenvalue weighted by Crippen LogP contribution is -2.14. The van der Waals surface area contributed by atoms with Crippen LogP contribution in [-0.2, 0) is 13.0 Å². The molecule has 108 valence electrons. The summed E-state index contributed by atoms with van der Waals surface area (Å²) in [5.41, 5.74) is -0.324. The molecule has 2 heterocycles. The van der Waals surface area contributed by atoms with E-state index >= 15 is 0 Å². The molecule has 0 spiro atoms. The maximum atomic E-state index is 11.0. The maximum absolute atomic E-state index is 11.0. The van der Waals surface area contributed by atoms with Crippen LogP contribution >= 0.6 is 0 Å². The van der Waals surface area contributed by atoms with E-state index in [-0.39, 0.29) is 17.1 Å². The van der Waals surface area contributed by atoms with E-state index < -0.39 is 4.92 Å². The van der Waals surface area contributed by atoms with E-state index in [0.717, 1.165) is 12.2 Å². The van der Waals surface area contributed by atoms with E-state index in [4.69, 9.17) is 5.26 Å². The van der Waals surface area contributed by atoms with Gasteiger partial charge in [0.05, 0.1) is 4.92 Å². The summed E-state index contributed by atoms with van der Waals surface area (Å²) < 4.78 is 1.85. The van der Waals surface area contributed by atoms with E-state index in [0.29, 0.717) is 13.1 Å². The second-order valence-electron chi connectivity index (χ2n) is 4.15. The van der Waals surface area contributed by atoms with Crippen molar-refractivity contribution in [2.75, 3.05) is 11.9 Å². The minimum absolute atomic E-state index is 0.0176. The van der Waals surface area contributed by atoms with E-state index in [2.05, 4.69) is 20.5 Å². The van der Waals surface area contributed by atoms with Gasteiger partial charge in [0.1, 0.15) is 23.8 Å². The second kappa shape index (κ2) is 6.42. The Balaban J connectivity index is 2.10. The van der Waals surface area contributed by atoms with Crippen LogP contribution in [0.15, 0.2) is 18.6 Å². The molecule has 0 aliphatic heterocycles. The first-order valence-electron chi connectivity index (χ1n) is 6.31. The molecule has 9 heteroatoms. The highest BCUT2D eigenvalue weighted by Gasteiger charge is 2.20. The number of hydrogen-bond acceptors (Lipinski definition) is 7. The second-order valence-corrected chi connectivity index (χ2v) is 4.15. The fourth-order valence-electron chi connectivity index (χ4n) is 1.89. The zero-order chi connectivity index (χ0) is 15.2. The van der Waals surface area contributed by atoms with Crippen molar-refractivity contribution in [2.24, 2.45) is 0 Å². The van der Waals surface area contributed by atoms with Crippen LogP contribution in [0, 0.1) is 21.4 Å². The molecule has 0 unspecified atom stereocenters. The molecular weight excluding hydrogens is 274 g/mol. The van der Waals surface area contributed by atoms with Gasteiger partial charge in [-0.05, 0) is 6.07 Å². The average Bonchev–Trinajstić information content (AvgIpc) is 2.94. The first kappa shape index (κ1) is 14.4. The summed E-state index contributed by atoms with van der Waals surface area (Å²) in [6, 6.07) is 3.11. The van der Waals surface area contributed by atoms with Gasteiger partial charge < -0.3 is 9.88 Å². The van der Waals surface area contributed by atoms with Crippen LogP contribution in [0.4, 0.5) is 11.5 Å². The van der Waals surface area contributed by atoms with Crippen molar-refractivity contribution in [3.05, 3.63) is 40.1 Å². The van der Waals surface area contributed by atoms with Crippen LogP contribution in [0.25, 0.3) is 0 Å². The van der Waals surface area contributed by atoms with Crippen LogP contribution in [-0.4, -0.2) is 31.2 Å². The van der Waals surface area contributed by atoms with Gasteiger partial charge in [-0.1, -0.05) is 6.92 Å². The summed E-state index contributed by atoms with van der Waals surface area (Å²) in [5, 5.41) is 30.6. The topological polar surface area (TPSA) is 123 Å². The number of hydrogen-bond donors (Lipinski definition) is 1. The Bertz CT molecular complexity index is 689. The molecule has 0 aromatic carbocycles. The van der Waals surface area contributed by atoms with Gasteiger partial charge >= 0.3 is 5.69 Å². The molecule has 21 heavy (non-hydrogen) atoms. The van der Waals surface area contributed by atoms with Gasteiger partial charge in [0.2, 0.25) is 5.82 Å². The quantitative estimate of drug-likeness (QED) is 0.623. The van der Waals surface area contributed by atoms with Gasteiger partial charge in [0.25, 0.3) is 0 Å². The fraction of sp³-hybridized carbons (Fsp3) is 0.333. The number of aryl methyl sites for hydroxylation is 1.